The van der Waals surface area contributed by atoms with Crippen molar-refractivity contribution in [2.24, 2.45) is 5.73 Å². The van der Waals surface area contributed by atoms with Crippen LogP contribution in [0.2, 0.25) is 0 Å². The van der Waals surface area contributed by atoms with Crippen LogP contribution in [0.5, 0.6) is 11.5 Å². The Morgan fingerprint density at radius 3 is 2.40 bits per heavy atom. The number of benzene rings is 1. The summed E-state index contributed by atoms with van der Waals surface area (Å²) in [4.78, 5) is 23.1. The van der Waals surface area contributed by atoms with Crippen LogP contribution >= 0.6 is 12.2 Å². The molecule has 1 rings (SSSR count). The number of hydrogen-bond acceptors (Lipinski definition) is 5. The number of methoxy groups -OCH3 is 2. The lowest BCUT2D eigenvalue weighted by Crippen LogP contribution is -2.39. The number of ether oxygens (including phenoxy) is 2. The van der Waals surface area contributed by atoms with Crippen molar-refractivity contribution in [3.8, 4) is 11.5 Å². The molecule has 8 heteroatoms. The summed E-state index contributed by atoms with van der Waals surface area (Å²) in [6.07, 6.45) is 0. The van der Waals surface area contributed by atoms with Crippen molar-refractivity contribution in [2.45, 2.75) is 0 Å². The van der Waals surface area contributed by atoms with E-state index in [1.807, 2.05) is 0 Å². The third-order valence-electron chi connectivity index (χ3n) is 2.27. The third-order valence-corrected chi connectivity index (χ3v) is 2.42. The van der Waals surface area contributed by atoms with E-state index in [2.05, 4.69) is 22.9 Å². The van der Waals surface area contributed by atoms with E-state index >= 15 is 0 Å². The molecule has 0 saturated carbocycles. The van der Waals surface area contributed by atoms with Gasteiger partial charge in [0.2, 0.25) is 0 Å². The topological polar surface area (TPSA) is 103 Å². The third kappa shape index (κ3) is 4.39. The van der Waals surface area contributed by atoms with Crippen LogP contribution in [-0.4, -0.2) is 37.6 Å². The number of carbonyl (C=O) groups excluding carboxylic acids is 2. The number of thiocarbonyl (C=S) groups is 1. The summed E-state index contributed by atoms with van der Waals surface area (Å²) in [5, 5.41) is 4.70. The Hall–Kier alpha value is -2.35. The van der Waals surface area contributed by atoms with Gasteiger partial charge in [-0.25, -0.2) is 0 Å². The highest BCUT2D eigenvalue weighted by Crippen LogP contribution is 2.29. The van der Waals surface area contributed by atoms with Crippen LogP contribution < -0.4 is 25.8 Å². The van der Waals surface area contributed by atoms with Gasteiger partial charge in [0.25, 0.3) is 0 Å². The van der Waals surface area contributed by atoms with Crippen molar-refractivity contribution < 1.29 is 19.1 Å². The number of hydrogen-bond donors (Lipinski definition) is 3. The Morgan fingerprint density at radius 1 is 1.20 bits per heavy atom. The predicted molar refractivity (Wildman–Crippen MR) is 78.0 cm³/mol. The molecule has 0 aliphatic heterocycles. The van der Waals surface area contributed by atoms with Crippen molar-refractivity contribution in [2.75, 3.05) is 26.1 Å². The number of nitrogens with two attached hydrogens (primary N) is 1. The summed E-state index contributed by atoms with van der Waals surface area (Å²) in [6, 6.07) is 4.74. The fourth-order valence-corrected chi connectivity index (χ4v) is 1.42. The Balaban J connectivity index is 2.70. The number of amides is 2. The lowest BCUT2D eigenvalue weighted by molar-refractivity contribution is -0.135. The van der Waals surface area contributed by atoms with E-state index in [0.29, 0.717) is 17.2 Å². The fourth-order valence-electron chi connectivity index (χ4n) is 1.35. The van der Waals surface area contributed by atoms with E-state index in [1.54, 1.807) is 12.1 Å². The number of carbonyl (C=O) groups is 2. The number of nitrogens with one attached hydrogen (secondary N) is 2. The van der Waals surface area contributed by atoms with Crippen molar-refractivity contribution in [3.63, 3.8) is 0 Å². The molecule has 7 nitrogen and oxygen atoms in total. The highest BCUT2D eigenvalue weighted by atomic mass is 32.1. The number of anilines is 1. The second-order valence-electron chi connectivity index (χ2n) is 3.67. The quantitative estimate of drug-likeness (QED) is 0.524. The van der Waals surface area contributed by atoms with Crippen molar-refractivity contribution >= 4 is 34.7 Å². The van der Waals surface area contributed by atoms with Crippen molar-refractivity contribution in [3.05, 3.63) is 18.2 Å². The molecular weight excluding hydrogens is 282 g/mol. The Morgan fingerprint density at radius 2 is 1.85 bits per heavy atom. The normalized spacial score (nSPS) is 9.50. The molecule has 0 bridgehead atoms. The first-order chi connectivity index (χ1) is 9.47. The van der Waals surface area contributed by atoms with E-state index in [1.165, 1.54) is 20.3 Å². The van der Waals surface area contributed by atoms with Gasteiger partial charge < -0.3 is 25.8 Å². The minimum Gasteiger partial charge on any atom is -0.493 e. The molecule has 4 N–H and O–H groups in total. The van der Waals surface area contributed by atoms with Gasteiger partial charge in [-0.05, 0) is 12.1 Å². The van der Waals surface area contributed by atoms with Crippen LogP contribution in [0.15, 0.2) is 18.2 Å². The molecule has 0 atom stereocenters. The van der Waals surface area contributed by atoms with Gasteiger partial charge in [0.05, 0.1) is 25.8 Å². The van der Waals surface area contributed by atoms with E-state index in [4.69, 9.17) is 15.2 Å². The lowest BCUT2D eigenvalue weighted by atomic mass is 10.2. The summed E-state index contributed by atoms with van der Waals surface area (Å²) < 4.78 is 10.2. The first kappa shape index (κ1) is 15.7. The standard InChI is InChI=1S/C12H15N3O4S/c1-18-8-4-3-7(5-9(8)19-2)15-12(17)11(16)14-6-10(13)20/h3-5H,6H2,1-2H3,(H2,13,20)(H,14,16)(H,15,17). The van der Waals surface area contributed by atoms with Gasteiger partial charge >= 0.3 is 11.8 Å². The zero-order valence-corrected chi connectivity index (χ0v) is 11.9. The van der Waals surface area contributed by atoms with Crippen LogP contribution in [0.3, 0.4) is 0 Å². The van der Waals surface area contributed by atoms with Gasteiger partial charge in [0.1, 0.15) is 0 Å². The maximum Gasteiger partial charge on any atom is 0.313 e. The summed E-state index contributed by atoms with van der Waals surface area (Å²) in [5.74, 6) is -0.696. The molecule has 0 aromatic heterocycles. The minimum atomic E-state index is -0.826. The largest absolute Gasteiger partial charge is 0.493 e. The number of rotatable bonds is 5. The van der Waals surface area contributed by atoms with Gasteiger partial charge in [0.15, 0.2) is 11.5 Å². The molecule has 20 heavy (non-hydrogen) atoms. The van der Waals surface area contributed by atoms with Crippen LogP contribution in [-0.2, 0) is 9.59 Å². The van der Waals surface area contributed by atoms with Gasteiger partial charge in [-0.2, -0.15) is 0 Å². The van der Waals surface area contributed by atoms with Crippen LogP contribution in [0.4, 0.5) is 5.69 Å². The highest BCUT2D eigenvalue weighted by Gasteiger charge is 2.14. The van der Waals surface area contributed by atoms with Crippen molar-refractivity contribution in [1.82, 2.24) is 5.32 Å². The van der Waals surface area contributed by atoms with Gasteiger partial charge in [-0.15, -0.1) is 0 Å². The summed E-state index contributed by atoms with van der Waals surface area (Å²) in [5.41, 5.74) is 5.62. The predicted octanol–water partition coefficient (Wildman–Crippen LogP) is 0.0446. The maximum atomic E-state index is 11.6. The Kier molecular flexibility index (Phi) is 5.73. The van der Waals surface area contributed by atoms with Crippen LogP contribution in [0, 0.1) is 0 Å². The molecule has 0 saturated heterocycles. The van der Waals surface area contributed by atoms with Crippen LogP contribution in [0.25, 0.3) is 0 Å². The molecule has 0 heterocycles. The summed E-state index contributed by atoms with van der Waals surface area (Å²) >= 11 is 4.59. The molecular formula is C12H15N3O4S. The minimum absolute atomic E-state index is 0.0342. The van der Waals surface area contributed by atoms with E-state index in [-0.39, 0.29) is 11.5 Å². The zero-order valence-electron chi connectivity index (χ0n) is 11.1. The van der Waals surface area contributed by atoms with Crippen molar-refractivity contribution in [1.29, 1.82) is 0 Å². The molecule has 0 radical (unpaired) electrons. The molecule has 2 amide bonds. The molecule has 1 aromatic rings. The molecule has 108 valence electrons. The highest BCUT2D eigenvalue weighted by molar-refractivity contribution is 7.80. The first-order valence-corrected chi connectivity index (χ1v) is 5.98. The average molecular weight is 297 g/mol. The summed E-state index contributed by atoms with van der Waals surface area (Å²) in [7, 11) is 2.97. The average Bonchev–Trinajstić information content (AvgIpc) is 2.44. The Labute approximate surface area is 121 Å². The molecule has 0 fully saturated rings. The van der Waals surface area contributed by atoms with E-state index in [0.717, 1.165) is 0 Å². The smallest absolute Gasteiger partial charge is 0.313 e. The SMILES string of the molecule is COc1ccc(NC(=O)C(=O)NCC(N)=S)cc1OC. The van der Waals surface area contributed by atoms with Gasteiger partial charge in [-0.3, -0.25) is 9.59 Å². The van der Waals surface area contributed by atoms with Gasteiger partial charge in [0, 0.05) is 11.8 Å². The molecule has 0 aliphatic carbocycles. The molecule has 0 spiro atoms. The zero-order chi connectivity index (χ0) is 15.1. The van der Waals surface area contributed by atoms with E-state index in [9.17, 15) is 9.59 Å². The van der Waals surface area contributed by atoms with Gasteiger partial charge in [-0.1, -0.05) is 12.2 Å². The molecule has 1 aromatic carbocycles. The fraction of sp³-hybridized carbons (Fsp3) is 0.250. The first-order valence-electron chi connectivity index (χ1n) is 5.57. The molecule has 0 unspecified atom stereocenters. The Bertz CT molecular complexity index is 533. The second kappa shape index (κ2) is 7.29. The molecule has 0 aliphatic rings. The maximum absolute atomic E-state index is 11.6. The monoisotopic (exact) mass is 297 g/mol. The second-order valence-corrected chi connectivity index (χ2v) is 4.20. The van der Waals surface area contributed by atoms with Crippen LogP contribution in [0.1, 0.15) is 0 Å². The van der Waals surface area contributed by atoms with E-state index < -0.39 is 11.8 Å². The summed E-state index contributed by atoms with van der Waals surface area (Å²) in [6.45, 7) is -0.0342. The lowest BCUT2D eigenvalue weighted by Gasteiger charge is -2.10.